The molecule has 1 aliphatic rings. The third kappa shape index (κ3) is 8.56. The van der Waals surface area contributed by atoms with E-state index >= 15 is 0 Å². The third-order valence-electron chi connectivity index (χ3n) is 6.89. The van der Waals surface area contributed by atoms with Gasteiger partial charge in [0, 0.05) is 28.7 Å². The van der Waals surface area contributed by atoms with Gasteiger partial charge in [-0.05, 0) is 56.2 Å². The molecule has 4 rings (SSSR count). The molecule has 1 fully saturated rings. The van der Waals surface area contributed by atoms with Crippen LogP contribution in [-0.2, 0) is 14.4 Å². The first-order chi connectivity index (χ1) is 20.2. The maximum Gasteiger partial charge on any atom is 0.243 e. The van der Waals surface area contributed by atoms with Gasteiger partial charge in [0.1, 0.15) is 29.5 Å². The van der Waals surface area contributed by atoms with Crippen molar-refractivity contribution < 1.29 is 23.9 Å². The van der Waals surface area contributed by atoms with E-state index in [9.17, 15) is 14.4 Å². The molecule has 10 nitrogen and oxygen atoms in total. The zero-order valence-corrected chi connectivity index (χ0v) is 24.6. The number of nitrogens with one attached hydrogen (secondary N) is 3. The number of carbonyl (C=O) groups is 3. The molecule has 0 saturated carbocycles. The SMILES string of the molecule is Cc1cccc(O[C@@H]2C[C@@H](C(=O)NC(C)c3cc(C(=N)N)cs3)N(C(=O)CNC(=O)CCCOc3ccccc3)C2)c1. The van der Waals surface area contributed by atoms with Crippen LogP contribution in [-0.4, -0.2) is 60.3 Å². The van der Waals surface area contributed by atoms with E-state index in [0.29, 0.717) is 30.8 Å². The first-order valence-electron chi connectivity index (χ1n) is 13.9. The summed E-state index contributed by atoms with van der Waals surface area (Å²) in [5, 5.41) is 15.1. The van der Waals surface area contributed by atoms with Gasteiger partial charge in [-0.15, -0.1) is 11.3 Å². The van der Waals surface area contributed by atoms with Gasteiger partial charge in [0.2, 0.25) is 17.7 Å². The number of carbonyl (C=O) groups excluding carboxylic acids is 3. The van der Waals surface area contributed by atoms with Crippen molar-refractivity contribution in [3.63, 3.8) is 0 Å². The van der Waals surface area contributed by atoms with Gasteiger partial charge in [0.05, 0.1) is 25.7 Å². The second-order valence-corrected chi connectivity index (χ2v) is 11.2. The van der Waals surface area contributed by atoms with Gasteiger partial charge < -0.3 is 30.7 Å². The predicted molar refractivity (Wildman–Crippen MR) is 162 cm³/mol. The molecular formula is C31H37N5O5S. The van der Waals surface area contributed by atoms with Crippen LogP contribution in [0.4, 0.5) is 0 Å². The van der Waals surface area contributed by atoms with Crippen LogP contribution in [0.1, 0.15) is 48.2 Å². The van der Waals surface area contributed by atoms with Crippen molar-refractivity contribution in [3.8, 4) is 11.5 Å². The average molecular weight is 592 g/mol. The maximum absolute atomic E-state index is 13.4. The number of amides is 3. The molecule has 1 aliphatic heterocycles. The Morgan fingerprint density at radius 1 is 1.12 bits per heavy atom. The smallest absolute Gasteiger partial charge is 0.243 e. The van der Waals surface area contributed by atoms with Crippen LogP contribution in [0.15, 0.2) is 66.0 Å². The summed E-state index contributed by atoms with van der Waals surface area (Å²) in [6.45, 7) is 4.19. The number of para-hydroxylation sites is 1. The Morgan fingerprint density at radius 3 is 2.60 bits per heavy atom. The van der Waals surface area contributed by atoms with Crippen LogP contribution in [0.2, 0.25) is 0 Å². The Morgan fingerprint density at radius 2 is 1.88 bits per heavy atom. The minimum absolute atomic E-state index is 0.0366. The highest BCUT2D eigenvalue weighted by molar-refractivity contribution is 7.10. The molecule has 1 saturated heterocycles. The molecule has 222 valence electrons. The Balaban J connectivity index is 1.34. The Bertz CT molecular complexity index is 1400. The quantitative estimate of drug-likeness (QED) is 0.136. The molecule has 0 spiro atoms. The standard InChI is InChI=1S/C31H37N5O5S/c1-20-8-6-11-24(14-20)41-25-16-26(31(39)35-21(2)27-15-22(19-42-27)30(32)33)36(18-25)29(38)17-34-28(37)12-7-13-40-23-9-4-3-5-10-23/h3-6,8-11,14-15,19,21,25-26H,7,12-13,16-18H2,1-2H3,(H3,32,33)(H,34,37)(H,35,39)/t21?,25-,26+/m1/s1. The van der Waals surface area contributed by atoms with E-state index in [1.54, 1.807) is 11.4 Å². The second-order valence-electron chi connectivity index (χ2n) is 10.3. The van der Waals surface area contributed by atoms with Crippen molar-refractivity contribution in [3.05, 3.63) is 82.0 Å². The Labute approximate surface area is 249 Å². The number of ether oxygens (including phenoxy) is 2. The zero-order chi connectivity index (χ0) is 30.1. The van der Waals surface area contributed by atoms with Gasteiger partial charge in [0.25, 0.3) is 0 Å². The molecule has 3 atom stereocenters. The van der Waals surface area contributed by atoms with Crippen LogP contribution in [0.3, 0.4) is 0 Å². The lowest BCUT2D eigenvalue weighted by Gasteiger charge is -2.25. The number of hydrogen-bond acceptors (Lipinski definition) is 7. The molecule has 1 unspecified atom stereocenters. The number of aryl methyl sites for hydroxylation is 1. The fourth-order valence-corrected chi connectivity index (χ4v) is 5.61. The average Bonchev–Trinajstić information content (AvgIpc) is 3.63. The molecule has 1 aromatic heterocycles. The molecule has 5 N–H and O–H groups in total. The molecular weight excluding hydrogens is 554 g/mol. The number of nitrogens with two attached hydrogens (primary N) is 1. The van der Waals surface area contributed by atoms with Crippen LogP contribution < -0.4 is 25.8 Å². The molecule has 42 heavy (non-hydrogen) atoms. The zero-order valence-electron chi connectivity index (χ0n) is 23.8. The summed E-state index contributed by atoms with van der Waals surface area (Å²) in [5.74, 6) is 0.436. The molecule has 3 amide bonds. The summed E-state index contributed by atoms with van der Waals surface area (Å²) in [6, 6.07) is 17.6. The molecule has 0 bridgehead atoms. The first-order valence-corrected chi connectivity index (χ1v) is 14.8. The first kappa shape index (κ1) is 30.6. The van der Waals surface area contributed by atoms with Gasteiger partial charge in [-0.2, -0.15) is 0 Å². The topological polar surface area (TPSA) is 147 Å². The van der Waals surface area contributed by atoms with E-state index in [1.807, 2.05) is 68.4 Å². The van der Waals surface area contributed by atoms with Crippen LogP contribution in [0.25, 0.3) is 0 Å². The monoisotopic (exact) mass is 591 g/mol. The predicted octanol–water partition coefficient (Wildman–Crippen LogP) is 3.54. The summed E-state index contributed by atoms with van der Waals surface area (Å²) in [5.41, 5.74) is 7.22. The maximum atomic E-state index is 13.4. The third-order valence-corrected chi connectivity index (χ3v) is 8.01. The highest BCUT2D eigenvalue weighted by Gasteiger charge is 2.41. The van der Waals surface area contributed by atoms with Crippen LogP contribution in [0.5, 0.6) is 11.5 Å². The van der Waals surface area contributed by atoms with Crippen molar-refractivity contribution in [1.82, 2.24) is 15.5 Å². The lowest BCUT2D eigenvalue weighted by Crippen LogP contribution is -2.49. The lowest BCUT2D eigenvalue weighted by molar-refractivity contribution is -0.139. The van der Waals surface area contributed by atoms with Gasteiger partial charge in [-0.3, -0.25) is 19.8 Å². The van der Waals surface area contributed by atoms with E-state index in [0.717, 1.165) is 16.2 Å². The molecule has 0 radical (unpaired) electrons. The van der Waals surface area contributed by atoms with E-state index in [1.165, 1.54) is 16.2 Å². The lowest BCUT2D eigenvalue weighted by atomic mass is 10.1. The van der Waals surface area contributed by atoms with E-state index in [4.69, 9.17) is 20.6 Å². The number of hydrogen-bond donors (Lipinski definition) is 4. The summed E-state index contributed by atoms with van der Waals surface area (Å²) in [6.07, 6.45) is 0.636. The fraction of sp³-hybridized carbons (Fsp3) is 0.355. The van der Waals surface area contributed by atoms with Gasteiger partial charge in [-0.25, -0.2) is 0 Å². The molecule has 3 aromatic rings. The van der Waals surface area contributed by atoms with E-state index in [-0.39, 0.29) is 49.1 Å². The van der Waals surface area contributed by atoms with Gasteiger partial charge >= 0.3 is 0 Å². The van der Waals surface area contributed by atoms with Crippen molar-refractivity contribution in [2.24, 2.45) is 5.73 Å². The molecule has 2 heterocycles. The highest BCUT2D eigenvalue weighted by atomic mass is 32.1. The van der Waals surface area contributed by atoms with E-state index in [2.05, 4.69) is 10.6 Å². The van der Waals surface area contributed by atoms with Gasteiger partial charge in [-0.1, -0.05) is 30.3 Å². The molecule has 2 aromatic carbocycles. The summed E-state index contributed by atoms with van der Waals surface area (Å²) < 4.78 is 11.8. The number of rotatable bonds is 13. The number of amidine groups is 1. The summed E-state index contributed by atoms with van der Waals surface area (Å²) in [7, 11) is 0. The van der Waals surface area contributed by atoms with Crippen molar-refractivity contribution in [2.75, 3.05) is 19.7 Å². The summed E-state index contributed by atoms with van der Waals surface area (Å²) >= 11 is 1.40. The molecule has 0 aliphatic carbocycles. The number of nitrogens with zero attached hydrogens (tertiary/aromatic N) is 1. The number of nitrogen functional groups attached to an aromatic ring is 1. The molecule has 11 heteroatoms. The number of benzene rings is 2. The minimum Gasteiger partial charge on any atom is -0.494 e. The van der Waals surface area contributed by atoms with Crippen LogP contribution >= 0.6 is 11.3 Å². The van der Waals surface area contributed by atoms with Crippen molar-refractivity contribution in [1.29, 1.82) is 5.41 Å². The van der Waals surface area contributed by atoms with Crippen LogP contribution in [0, 0.1) is 12.3 Å². The number of likely N-dealkylation sites (tertiary alicyclic amines) is 1. The minimum atomic E-state index is -0.766. The summed E-state index contributed by atoms with van der Waals surface area (Å²) in [4.78, 5) is 41.5. The highest BCUT2D eigenvalue weighted by Crippen LogP contribution is 2.26. The van der Waals surface area contributed by atoms with Crippen molar-refractivity contribution >= 4 is 34.9 Å². The van der Waals surface area contributed by atoms with E-state index < -0.39 is 12.1 Å². The fourth-order valence-electron chi connectivity index (χ4n) is 4.69. The normalized spacial score (nSPS) is 16.9. The Hall–Kier alpha value is -4.38. The second kappa shape index (κ2) is 14.5. The Kier molecular flexibility index (Phi) is 10.6. The van der Waals surface area contributed by atoms with Gasteiger partial charge in [0.15, 0.2) is 0 Å². The van der Waals surface area contributed by atoms with Crippen molar-refractivity contribution in [2.45, 2.75) is 51.3 Å². The largest absolute Gasteiger partial charge is 0.494 e. The number of thiophene rings is 1.